The summed E-state index contributed by atoms with van der Waals surface area (Å²) in [6, 6.07) is 9.62. The van der Waals surface area contributed by atoms with Gasteiger partial charge in [0.2, 0.25) is 0 Å². The van der Waals surface area contributed by atoms with Crippen molar-refractivity contribution < 1.29 is 9.90 Å². The number of benzene rings is 1. The molecule has 0 aliphatic carbocycles. The van der Waals surface area contributed by atoms with Gasteiger partial charge in [-0.15, -0.1) is 0 Å². The average Bonchev–Trinajstić information content (AvgIpc) is 2.47. The Kier molecular flexibility index (Phi) is 3.78. The van der Waals surface area contributed by atoms with Crippen LogP contribution in [-0.4, -0.2) is 33.6 Å². The highest BCUT2D eigenvalue weighted by Gasteiger charge is 2.18. The highest BCUT2D eigenvalue weighted by atomic mass is 32.2. The van der Waals surface area contributed by atoms with Gasteiger partial charge in [-0.1, -0.05) is 18.2 Å². The molecule has 1 fully saturated rings. The smallest absolute Gasteiger partial charge is 0.339 e. The summed E-state index contributed by atoms with van der Waals surface area (Å²) < 4.78 is 0. The fraction of sp³-hybridized carbons (Fsp3) is 0.333. The Morgan fingerprint density at radius 1 is 1.30 bits per heavy atom. The van der Waals surface area contributed by atoms with Crippen molar-refractivity contribution in [2.75, 3.05) is 16.8 Å². The number of hydrogen-bond donors (Lipinski definition) is 2. The van der Waals surface area contributed by atoms with Crippen LogP contribution in [0.1, 0.15) is 23.2 Å². The predicted molar refractivity (Wildman–Crippen MR) is 82.7 cm³/mol. The second-order valence-electron chi connectivity index (χ2n) is 4.91. The summed E-state index contributed by atoms with van der Waals surface area (Å²) in [6.45, 7) is 0. The minimum absolute atomic E-state index is 0.252. The minimum atomic E-state index is -0.934. The lowest BCUT2D eigenvalue weighted by Crippen LogP contribution is -2.26. The van der Waals surface area contributed by atoms with Crippen molar-refractivity contribution in [3.05, 3.63) is 35.9 Å². The Bertz CT molecular complexity index is 639. The summed E-state index contributed by atoms with van der Waals surface area (Å²) in [6.07, 6.45) is 2.11. The van der Waals surface area contributed by atoms with Crippen molar-refractivity contribution in [3.8, 4) is 0 Å². The van der Waals surface area contributed by atoms with E-state index in [4.69, 9.17) is 0 Å². The number of nitrogens with zero attached hydrogens (tertiary/aromatic N) is 1. The van der Waals surface area contributed by atoms with Crippen LogP contribution >= 0.6 is 11.8 Å². The molecule has 0 amide bonds. The number of aromatic carboxylic acids is 1. The molecule has 0 spiro atoms. The van der Waals surface area contributed by atoms with Crippen LogP contribution in [0, 0.1) is 0 Å². The molecule has 2 N–H and O–H groups in total. The second kappa shape index (κ2) is 5.71. The molecule has 2 aromatic rings. The zero-order valence-corrected chi connectivity index (χ0v) is 11.8. The number of carbonyl (C=O) groups is 1. The van der Waals surface area contributed by atoms with E-state index in [-0.39, 0.29) is 5.56 Å². The molecule has 3 rings (SSSR count). The van der Waals surface area contributed by atoms with Crippen LogP contribution in [0.4, 0.5) is 5.82 Å². The minimum Gasteiger partial charge on any atom is -0.478 e. The first kappa shape index (κ1) is 13.2. The van der Waals surface area contributed by atoms with Crippen molar-refractivity contribution in [1.29, 1.82) is 0 Å². The van der Waals surface area contributed by atoms with E-state index in [0.29, 0.717) is 11.9 Å². The van der Waals surface area contributed by atoms with Gasteiger partial charge < -0.3 is 10.4 Å². The number of aromatic nitrogens is 1. The molecule has 4 nitrogen and oxygen atoms in total. The fourth-order valence-corrected chi connectivity index (χ4v) is 3.53. The van der Waals surface area contributed by atoms with Gasteiger partial charge >= 0.3 is 5.97 Å². The van der Waals surface area contributed by atoms with E-state index in [1.807, 2.05) is 36.0 Å². The maximum Gasteiger partial charge on any atom is 0.339 e. The third-order valence-electron chi connectivity index (χ3n) is 3.52. The Balaban J connectivity index is 1.98. The quantitative estimate of drug-likeness (QED) is 0.908. The molecular weight excluding hydrogens is 272 g/mol. The van der Waals surface area contributed by atoms with Gasteiger partial charge in [0.1, 0.15) is 11.4 Å². The van der Waals surface area contributed by atoms with E-state index >= 15 is 0 Å². The average molecular weight is 288 g/mol. The van der Waals surface area contributed by atoms with E-state index in [1.54, 1.807) is 6.07 Å². The number of hydrogen-bond acceptors (Lipinski definition) is 4. The summed E-state index contributed by atoms with van der Waals surface area (Å²) in [7, 11) is 0. The highest BCUT2D eigenvalue weighted by Crippen LogP contribution is 2.25. The molecule has 20 heavy (non-hydrogen) atoms. The van der Waals surface area contributed by atoms with Crippen LogP contribution in [0.3, 0.4) is 0 Å². The summed E-state index contributed by atoms with van der Waals surface area (Å²) in [5.41, 5.74) is 1.08. The van der Waals surface area contributed by atoms with E-state index in [9.17, 15) is 9.90 Å². The molecule has 0 saturated carbocycles. The van der Waals surface area contributed by atoms with E-state index in [1.165, 1.54) is 0 Å². The van der Waals surface area contributed by atoms with Gasteiger partial charge in [-0.05, 0) is 36.5 Å². The number of anilines is 1. The van der Waals surface area contributed by atoms with Crippen LogP contribution in [0.15, 0.2) is 30.3 Å². The van der Waals surface area contributed by atoms with Crippen LogP contribution in [0.5, 0.6) is 0 Å². The summed E-state index contributed by atoms with van der Waals surface area (Å²) >= 11 is 1.95. The SMILES string of the molecule is O=C(O)c1cc2ccccc2nc1NC1CCSCC1. The monoisotopic (exact) mass is 288 g/mol. The van der Waals surface area contributed by atoms with E-state index in [0.717, 1.165) is 35.3 Å². The molecule has 0 atom stereocenters. The van der Waals surface area contributed by atoms with Crippen molar-refractivity contribution in [2.24, 2.45) is 0 Å². The Labute approximate surface area is 121 Å². The molecule has 5 heteroatoms. The molecule has 1 aliphatic rings. The standard InChI is InChI=1S/C15H16N2O2S/c18-15(19)12-9-10-3-1-2-4-13(10)17-14(12)16-11-5-7-20-8-6-11/h1-4,9,11H,5-8H2,(H,16,17)(H,18,19). The summed E-state index contributed by atoms with van der Waals surface area (Å²) in [4.78, 5) is 15.9. The first-order valence-corrected chi connectivity index (χ1v) is 7.87. The van der Waals surface area contributed by atoms with Gasteiger partial charge in [-0.3, -0.25) is 0 Å². The lowest BCUT2D eigenvalue weighted by molar-refractivity contribution is 0.0697. The number of fused-ring (bicyclic) bond motifs is 1. The molecule has 0 bridgehead atoms. The van der Waals surface area contributed by atoms with Gasteiger partial charge in [-0.25, -0.2) is 9.78 Å². The van der Waals surface area contributed by atoms with Crippen molar-refractivity contribution >= 4 is 34.5 Å². The molecule has 2 heterocycles. The molecule has 104 valence electrons. The number of nitrogens with one attached hydrogen (secondary N) is 1. The topological polar surface area (TPSA) is 62.2 Å². The molecule has 1 aliphatic heterocycles. The molecule has 1 aromatic carbocycles. The van der Waals surface area contributed by atoms with Crippen molar-refractivity contribution in [2.45, 2.75) is 18.9 Å². The number of carboxylic acid groups (broad SMARTS) is 1. The largest absolute Gasteiger partial charge is 0.478 e. The van der Waals surface area contributed by atoms with Gasteiger partial charge in [0.25, 0.3) is 0 Å². The second-order valence-corrected chi connectivity index (χ2v) is 6.14. The van der Waals surface area contributed by atoms with Crippen molar-refractivity contribution in [1.82, 2.24) is 4.98 Å². The van der Waals surface area contributed by atoms with E-state index < -0.39 is 5.97 Å². The van der Waals surface area contributed by atoms with E-state index in [2.05, 4.69) is 10.3 Å². The van der Waals surface area contributed by atoms with Crippen molar-refractivity contribution in [3.63, 3.8) is 0 Å². The Hall–Kier alpha value is -1.75. The number of carboxylic acids is 1. The summed E-state index contributed by atoms with van der Waals surface area (Å²) in [5.74, 6) is 1.80. The first-order chi connectivity index (χ1) is 9.74. The van der Waals surface area contributed by atoms with Crippen LogP contribution in [0.2, 0.25) is 0 Å². The molecule has 0 radical (unpaired) electrons. The molecule has 1 saturated heterocycles. The zero-order chi connectivity index (χ0) is 13.9. The third-order valence-corrected chi connectivity index (χ3v) is 4.57. The van der Waals surface area contributed by atoms with Gasteiger partial charge in [-0.2, -0.15) is 11.8 Å². The number of pyridine rings is 1. The van der Waals surface area contributed by atoms with Gasteiger partial charge in [0, 0.05) is 11.4 Å². The number of thioether (sulfide) groups is 1. The number of rotatable bonds is 3. The summed E-state index contributed by atoms with van der Waals surface area (Å²) in [5, 5.41) is 13.5. The fourth-order valence-electron chi connectivity index (χ4n) is 2.42. The Morgan fingerprint density at radius 3 is 2.80 bits per heavy atom. The third kappa shape index (κ3) is 2.72. The molecule has 0 unspecified atom stereocenters. The van der Waals surface area contributed by atoms with Crippen LogP contribution in [-0.2, 0) is 0 Å². The highest BCUT2D eigenvalue weighted by molar-refractivity contribution is 7.99. The van der Waals surface area contributed by atoms with Gasteiger partial charge in [0.15, 0.2) is 0 Å². The molecular formula is C15H16N2O2S. The van der Waals surface area contributed by atoms with Crippen LogP contribution < -0.4 is 5.32 Å². The zero-order valence-electron chi connectivity index (χ0n) is 11.0. The van der Waals surface area contributed by atoms with Gasteiger partial charge in [0.05, 0.1) is 5.52 Å². The molecule has 1 aromatic heterocycles. The Morgan fingerprint density at radius 2 is 2.05 bits per heavy atom. The lowest BCUT2D eigenvalue weighted by atomic mass is 10.1. The predicted octanol–water partition coefficient (Wildman–Crippen LogP) is 3.24. The maximum absolute atomic E-state index is 11.4. The first-order valence-electron chi connectivity index (χ1n) is 6.71. The normalized spacial score (nSPS) is 16.2. The lowest BCUT2D eigenvalue weighted by Gasteiger charge is -2.24. The maximum atomic E-state index is 11.4. The number of para-hydroxylation sites is 1. The van der Waals surface area contributed by atoms with Crippen LogP contribution in [0.25, 0.3) is 10.9 Å².